The molecule has 1 aromatic carbocycles. The second-order valence-electron chi connectivity index (χ2n) is 6.76. The molecule has 1 saturated heterocycles. The zero-order valence-corrected chi connectivity index (χ0v) is 15.1. The Morgan fingerprint density at radius 1 is 1.38 bits per heavy atom. The molecule has 7 heteroatoms. The van der Waals surface area contributed by atoms with Crippen LogP contribution in [0.3, 0.4) is 0 Å². The minimum atomic E-state index is -0.416. The molecule has 3 rings (SSSR count). The van der Waals surface area contributed by atoms with Gasteiger partial charge in [0.25, 0.3) is 5.91 Å². The summed E-state index contributed by atoms with van der Waals surface area (Å²) < 4.78 is 24.5. The van der Waals surface area contributed by atoms with Gasteiger partial charge in [-0.1, -0.05) is 23.4 Å². The van der Waals surface area contributed by atoms with Crippen molar-refractivity contribution in [3.05, 3.63) is 53.2 Å². The highest BCUT2D eigenvalue weighted by molar-refractivity contribution is 5.92. The van der Waals surface area contributed by atoms with Crippen molar-refractivity contribution in [3.8, 4) is 0 Å². The van der Waals surface area contributed by atoms with Gasteiger partial charge in [-0.3, -0.25) is 9.69 Å². The smallest absolute Gasteiger partial charge is 0.273 e. The maximum atomic E-state index is 13.8. The van der Waals surface area contributed by atoms with Crippen LogP contribution < -0.4 is 5.32 Å². The van der Waals surface area contributed by atoms with E-state index in [0.717, 1.165) is 25.9 Å². The molecular formula is C19H24FN3O3. The van der Waals surface area contributed by atoms with E-state index in [1.807, 2.05) is 12.1 Å². The fraction of sp³-hybridized carbons (Fsp3) is 0.474. The van der Waals surface area contributed by atoms with Gasteiger partial charge in [0.05, 0.1) is 5.60 Å². The van der Waals surface area contributed by atoms with Gasteiger partial charge in [-0.25, -0.2) is 4.39 Å². The molecule has 1 aromatic heterocycles. The number of amides is 1. The molecule has 26 heavy (non-hydrogen) atoms. The van der Waals surface area contributed by atoms with Crippen LogP contribution in [-0.4, -0.2) is 48.3 Å². The number of likely N-dealkylation sites (tertiary alicyclic amines) is 1. The Kier molecular flexibility index (Phi) is 5.68. The molecule has 0 radical (unpaired) electrons. The molecule has 2 heterocycles. The molecule has 1 aliphatic heterocycles. The zero-order valence-electron chi connectivity index (χ0n) is 15.1. The number of hydrogen-bond donors (Lipinski definition) is 1. The topological polar surface area (TPSA) is 67.6 Å². The van der Waals surface area contributed by atoms with E-state index in [2.05, 4.69) is 15.4 Å². The molecule has 1 aliphatic rings. The summed E-state index contributed by atoms with van der Waals surface area (Å²) in [5.41, 5.74) is 0.554. The molecule has 1 fully saturated rings. The lowest BCUT2D eigenvalue weighted by Gasteiger charge is -2.41. The van der Waals surface area contributed by atoms with Gasteiger partial charge in [0.1, 0.15) is 11.6 Å². The standard InChI is InChI=1S/C19H24FN3O3/c1-14-11-17(22-26-14)18(24)21-13-19(25-2)7-9-23(10-8-19)12-15-5-3-4-6-16(15)20/h3-6,11H,7-10,12-13H2,1-2H3,(H,21,24). The molecule has 0 unspecified atom stereocenters. The van der Waals surface area contributed by atoms with E-state index in [1.165, 1.54) is 6.07 Å². The molecule has 0 bridgehead atoms. The van der Waals surface area contributed by atoms with E-state index in [-0.39, 0.29) is 17.4 Å². The average Bonchev–Trinajstić information content (AvgIpc) is 3.09. The second-order valence-corrected chi connectivity index (χ2v) is 6.76. The van der Waals surface area contributed by atoms with Crippen molar-refractivity contribution >= 4 is 5.91 Å². The van der Waals surface area contributed by atoms with E-state index in [4.69, 9.17) is 9.26 Å². The lowest BCUT2D eigenvalue weighted by Crippen LogP contribution is -2.51. The maximum absolute atomic E-state index is 13.8. The Morgan fingerprint density at radius 2 is 2.12 bits per heavy atom. The summed E-state index contributed by atoms with van der Waals surface area (Å²) in [6.07, 6.45) is 1.52. The number of carbonyl (C=O) groups excluding carboxylic acids is 1. The van der Waals surface area contributed by atoms with Gasteiger partial charge >= 0.3 is 0 Å². The third-order valence-corrected chi connectivity index (χ3v) is 4.98. The first-order valence-corrected chi connectivity index (χ1v) is 8.74. The number of piperidine rings is 1. The second kappa shape index (κ2) is 7.97. The molecule has 1 N–H and O–H groups in total. The van der Waals surface area contributed by atoms with E-state index < -0.39 is 5.60 Å². The molecule has 6 nitrogen and oxygen atoms in total. The van der Waals surface area contributed by atoms with Gasteiger partial charge < -0.3 is 14.6 Å². The molecule has 140 valence electrons. The van der Waals surface area contributed by atoms with Crippen LogP contribution in [0, 0.1) is 12.7 Å². The van der Waals surface area contributed by atoms with E-state index in [9.17, 15) is 9.18 Å². The minimum Gasteiger partial charge on any atom is -0.376 e. The third-order valence-electron chi connectivity index (χ3n) is 4.98. The lowest BCUT2D eigenvalue weighted by atomic mass is 9.90. The molecule has 2 aromatic rings. The monoisotopic (exact) mass is 361 g/mol. The predicted octanol–water partition coefficient (Wildman–Crippen LogP) is 2.53. The van der Waals surface area contributed by atoms with Crippen molar-refractivity contribution in [3.63, 3.8) is 0 Å². The molecule has 0 spiro atoms. The number of rotatable bonds is 6. The maximum Gasteiger partial charge on any atom is 0.273 e. The average molecular weight is 361 g/mol. The fourth-order valence-electron chi connectivity index (χ4n) is 3.24. The van der Waals surface area contributed by atoms with Gasteiger partial charge in [-0.15, -0.1) is 0 Å². The summed E-state index contributed by atoms with van der Waals surface area (Å²) in [4.78, 5) is 14.4. The highest BCUT2D eigenvalue weighted by Crippen LogP contribution is 2.26. The number of nitrogens with one attached hydrogen (secondary N) is 1. The van der Waals surface area contributed by atoms with E-state index >= 15 is 0 Å². The Labute approximate surface area is 152 Å². The largest absolute Gasteiger partial charge is 0.376 e. The number of aryl methyl sites for hydroxylation is 1. The van der Waals surface area contributed by atoms with Crippen molar-refractivity contribution in [2.45, 2.75) is 31.9 Å². The number of hydrogen-bond acceptors (Lipinski definition) is 5. The van der Waals surface area contributed by atoms with Crippen molar-refractivity contribution in [1.29, 1.82) is 0 Å². The lowest BCUT2D eigenvalue weighted by molar-refractivity contribution is -0.0555. The number of aromatic nitrogens is 1. The van der Waals surface area contributed by atoms with Crippen LogP contribution in [0.15, 0.2) is 34.9 Å². The predicted molar refractivity (Wildman–Crippen MR) is 94.2 cm³/mol. The summed E-state index contributed by atoms with van der Waals surface area (Å²) in [6, 6.07) is 8.45. The molecule has 0 aliphatic carbocycles. The molecule has 1 amide bonds. The highest BCUT2D eigenvalue weighted by atomic mass is 19.1. The number of halogens is 1. The normalized spacial score (nSPS) is 17.2. The van der Waals surface area contributed by atoms with Crippen LogP contribution in [0.2, 0.25) is 0 Å². The van der Waals surface area contributed by atoms with Crippen LogP contribution >= 0.6 is 0 Å². The Bertz CT molecular complexity index is 754. The van der Waals surface area contributed by atoms with Crippen molar-refractivity contribution in [2.75, 3.05) is 26.7 Å². The fourth-order valence-corrected chi connectivity index (χ4v) is 3.24. The van der Waals surface area contributed by atoms with Gasteiger partial charge in [0.15, 0.2) is 5.69 Å². The van der Waals surface area contributed by atoms with E-state index in [1.54, 1.807) is 26.2 Å². The third kappa shape index (κ3) is 4.28. The highest BCUT2D eigenvalue weighted by Gasteiger charge is 2.35. The summed E-state index contributed by atoms with van der Waals surface area (Å²) >= 11 is 0. The first-order chi connectivity index (χ1) is 12.5. The van der Waals surface area contributed by atoms with Crippen LogP contribution in [0.5, 0.6) is 0 Å². The van der Waals surface area contributed by atoms with Gasteiger partial charge in [-0.2, -0.15) is 0 Å². The summed E-state index contributed by atoms with van der Waals surface area (Å²) in [5.74, 6) is 0.149. The minimum absolute atomic E-state index is 0.175. The number of nitrogens with zero attached hydrogens (tertiary/aromatic N) is 2. The van der Waals surface area contributed by atoms with Crippen molar-refractivity contribution in [2.24, 2.45) is 0 Å². The molecular weight excluding hydrogens is 337 g/mol. The van der Waals surface area contributed by atoms with Crippen molar-refractivity contribution in [1.82, 2.24) is 15.4 Å². The molecule has 0 atom stereocenters. The number of methoxy groups -OCH3 is 1. The SMILES string of the molecule is COC1(CNC(=O)c2cc(C)on2)CCN(Cc2ccccc2F)CC1. The van der Waals surface area contributed by atoms with Crippen LogP contribution in [0.25, 0.3) is 0 Å². The van der Waals surface area contributed by atoms with Gasteiger partial charge in [0.2, 0.25) is 0 Å². The Balaban J connectivity index is 1.53. The Morgan fingerprint density at radius 3 is 2.73 bits per heavy atom. The van der Waals surface area contributed by atoms with Crippen molar-refractivity contribution < 1.29 is 18.4 Å². The van der Waals surface area contributed by atoms with E-state index in [0.29, 0.717) is 24.4 Å². The first-order valence-electron chi connectivity index (χ1n) is 8.74. The first kappa shape index (κ1) is 18.5. The number of benzene rings is 1. The van der Waals surface area contributed by atoms with Gasteiger partial charge in [-0.05, 0) is 25.8 Å². The summed E-state index contributed by atoms with van der Waals surface area (Å²) in [6.45, 7) is 4.28. The Hall–Kier alpha value is -2.25. The summed E-state index contributed by atoms with van der Waals surface area (Å²) in [5, 5.41) is 6.61. The number of ether oxygens (including phenoxy) is 1. The van der Waals surface area contributed by atoms with Crippen LogP contribution in [0.4, 0.5) is 4.39 Å². The zero-order chi connectivity index (χ0) is 18.6. The van der Waals surface area contributed by atoms with Crippen LogP contribution in [-0.2, 0) is 11.3 Å². The van der Waals surface area contributed by atoms with Gasteiger partial charge in [0, 0.05) is 44.9 Å². The summed E-state index contributed by atoms with van der Waals surface area (Å²) in [7, 11) is 1.67. The molecule has 0 saturated carbocycles. The number of carbonyl (C=O) groups is 1. The van der Waals surface area contributed by atoms with Crippen LogP contribution in [0.1, 0.15) is 34.7 Å². The quantitative estimate of drug-likeness (QED) is 0.856.